The largest absolute Gasteiger partial charge is 0.481 e. The van der Waals surface area contributed by atoms with E-state index < -0.39 is 11.9 Å². The van der Waals surface area contributed by atoms with Gasteiger partial charge in [0, 0.05) is 9.79 Å². The maximum absolute atomic E-state index is 11.1. The first kappa shape index (κ1) is 13.7. The Morgan fingerprint density at radius 3 is 2.16 bits per heavy atom. The van der Waals surface area contributed by atoms with Crippen LogP contribution in [0.4, 0.5) is 0 Å². The van der Waals surface area contributed by atoms with Crippen LogP contribution >= 0.6 is 11.8 Å². The summed E-state index contributed by atoms with van der Waals surface area (Å²) >= 11 is 1.68. The molecule has 0 radical (unpaired) electrons. The van der Waals surface area contributed by atoms with Crippen LogP contribution in [0.2, 0.25) is 0 Å². The fourth-order valence-corrected chi connectivity index (χ4v) is 2.78. The fourth-order valence-electron chi connectivity index (χ4n) is 1.95. The Bertz CT molecular complexity index is 534. The van der Waals surface area contributed by atoms with Gasteiger partial charge in [-0.15, -0.1) is 0 Å². The summed E-state index contributed by atoms with van der Waals surface area (Å²) in [6.07, 6.45) is 0.612. The van der Waals surface area contributed by atoms with Gasteiger partial charge in [-0.3, -0.25) is 4.79 Å². The standard InChI is InChI=1S/C16H16O2S/c1-2-15(16(17)18)12-8-10-14(11-9-12)19-13-6-4-3-5-7-13/h3-11,15H,2H2,1H3,(H,17,18). The van der Waals surface area contributed by atoms with Crippen molar-refractivity contribution < 1.29 is 9.90 Å². The molecule has 2 rings (SSSR count). The minimum absolute atomic E-state index is 0.407. The van der Waals surface area contributed by atoms with E-state index >= 15 is 0 Å². The zero-order valence-electron chi connectivity index (χ0n) is 10.7. The Morgan fingerprint density at radius 1 is 1.05 bits per heavy atom. The second kappa shape index (κ2) is 6.43. The lowest BCUT2D eigenvalue weighted by atomic mass is 9.97. The number of hydrogen-bond acceptors (Lipinski definition) is 2. The van der Waals surface area contributed by atoms with E-state index in [0.29, 0.717) is 6.42 Å². The van der Waals surface area contributed by atoms with Crippen molar-refractivity contribution in [1.82, 2.24) is 0 Å². The molecule has 0 aliphatic heterocycles. The topological polar surface area (TPSA) is 37.3 Å². The molecule has 3 heteroatoms. The highest BCUT2D eigenvalue weighted by molar-refractivity contribution is 7.99. The van der Waals surface area contributed by atoms with Crippen molar-refractivity contribution in [2.45, 2.75) is 29.1 Å². The van der Waals surface area contributed by atoms with E-state index in [-0.39, 0.29) is 0 Å². The van der Waals surface area contributed by atoms with Crippen LogP contribution in [-0.4, -0.2) is 11.1 Å². The molecule has 0 heterocycles. The zero-order chi connectivity index (χ0) is 13.7. The van der Waals surface area contributed by atoms with Crippen molar-refractivity contribution >= 4 is 17.7 Å². The van der Waals surface area contributed by atoms with E-state index in [1.165, 1.54) is 4.90 Å². The molecule has 0 fully saturated rings. The average molecular weight is 272 g/mol. The van der Waals surface area contributed by atoms with Crippen LogP contribution in [0.3, 0.4) is 0 Å². The van der Waals surface area contributed by atoms with Gasteiger partial charge in [0.15, 0.2) is 0 Å². The molecule has 0 aromatic heterocycles. The molecule has 1 atom stereocenters. The van der Waals surface area contributed by atoms with Crippen LogP contribution < -0.4 is 0 Å². The highest BCUT2D eigenvalue weighted by atomic mass is 32.2. The number of carboxylic acids is 1. The van der Waals surface area contributed by atoms with Crippen LogP contribution in [0.5, 0.6) is 0 Å². The van der Waals surface area contributed by atoms with Gasteiger partial charge >= 0.3 is 5.97 Å². The Balaban J connectivity index is 2.12. The minimum atomic E-state index is -0.758. The van der Waals surface area contributed by atoms with Gasteiger partial charge in [0.05, 0.1) is 5.92 Å². The van der Waals surface area contributed by atoms with Gasteiger partial charge in [-0.2, -0.15) is 0 Å². The predicted molar refractivity (Wildman–Crippen MR) is 77.7 cm³/mol. The Hall–Kier alpha value is -1.74. The summed E-state index contributed by atoms with van der Waals surface area (Å²) in [5.41, 5.74) is 0.868. The molecule has 19 heavy (non-hydrogen) atoms. The summed E-state index contributed by atoms with van der Waals surface area (Å²) in [6, 6.07) is 17.9. The lowest BCUT2D eigenvalue weighted by Gasteiger charge is -2.10. The summed E-state index contributed by atoms with van der Waals surface area (Å²) < 4.78 is 0. The Kier molecular flexibility index (Phi) is 4.63. The van der Waals surface area contributed by atoms with Gasteiger partial charge in [0.2, 0.25) is 0 Å². The molecular formula is C16H16O2S. The summed E-state index contributed by atoms with van der Waals surface area (Å²) in [5.74, 6) is -1.17. The smallest absolute Gasteiger partial charge is 0.310 e. The maximum Gasteiger partial charge on any atom is 0.310 e. The van der Waals surface area contributed by atoms with Gasteiger partial charge in [0.25, 0.3) is 0 Å². The number of rotatable bonds is 5. The molecule has 0 aliphatic rings. The molecule has 0 bridgehead atoms. The lowest BCUT2D eigenvalue weighted by Crippen LogP contribution is -2.10. The highest BCUT2D eigenvalue weighted by Crippen LogP contribution is 2.29. The second-order valence-electron chi connectivity index (χ2n) is 4.28. The van der Waals surface area contributed by atoms with Crippen molar-refractivity contribution in [3.63, 3.8) is 0 Å². The Labute approximate surface area is 117 Å². The SMILES string of the molecule is CCC(C(=O)O)c1ccc(Sc2ccccc2)cc1. The molecule has 0 saturated heterocycles. The zero-order valence-corrected chi connectivity index (χ0v) is 11.6. The Morgan fingerprint density at radius 2 is 1.63 bits per heavy atom. The minimum Gasteiger partial charge on any atom is -0.481 e. The first-order chi connectivity index (χ1) is 9.20. The van der Waals surface area contributed by atoms with Crippen molar-refractivity contribution in [3.8, 4) is 0 Å². The fraction of sp³-hybridized carbons (Fsp3) is 0.188. The molecule has 0 spiro atoms. The van der Waals surface area contributed by atoms with Crippen molar-refractivity contribution in [2.24, 2.45) is 0 Å². The highest BCUT2D eigenvalue weighted by Gasteiger charge is 2.16. The number of hydrogen-bond donors (Lipinski definition) is 1. The number of carboxylic acid groups (broad SMARTS) is 1. The first-order valence-electron chi connectivity index (χ1n) is 6.26. The molecule has 0 aliphatic carbocycles. The second-order valence-corrected chi connectivity index (χ2v) is 5.43. The summed E-state index contributed by atoms with van der Waals surface area (Å²) in [4.78, 5) is 13.4. The van der Waals surface area contributed by atoms with E-state index in [9.17, 15) is 4.79 Å². The summed E-state index contributed by atoms with van der Waals surface area (Å²) in [7, 11) is 0. The molecule has 1 unspecified atom stereocenters. The number of aliphatic carboxylic acids is 1. The van der Waals surface area contributed by atoms with Gasteiger partial charge in [-0.05, 0) is 36.2 Å². The molecule has 0 saturated carbocycles. The van der Waals surface area contributed by atoms with Crippen LogP contribution in [0.15, 0.2) is 64.4 Å². The summed E-state index contributed by atoms with van der Waals surface area (Å²) in [5, 5.41) is 9.13. The average Bonchev–Trinajstić information content (AvgIpc) is 2.42. The van der Waals surface area contributed by atoms with Crippen molar-refractivity contribution in [3.05, 3.63) is 60.2 Å². The van der Waals surface area contributed by atoms with E-state index in [2.05, 4.69) is 12.1 Å². The lowest BCUT2D eigenvalue weighted by molar-refractivity contribution is -0.138. The molecule has 1 N–H and O–H groups in total. The normalized spacial score (nSPS) is 12.1. The number of benzene rings is 2. The van der Waals surface area contributed by atoms with Crippen molar-refractivity contribution in [2.75, 3.05) is 0 Å². The third kappa shape index (κ3) is 3.61. The molecule has 98 valence electrons. The van der Waals surface area contributed by atoms with Crippen LogP contribution in [0.25, 0.3) is 0 Å². The van der Waals surface area contributed by atoms with Gasteiger partial charge in [-0.1, -0.05) is 49.0 Å². The molecule has 2 nitrogen and oxygen atoms in total. The van der Waals surface area contributed by atoms with Crippen molar-refractivity contribution in [1.29, 1.82) is 0 Å². The van der Waals surface area contributed by atoms with E-state index in [0.717, 1.165) is 10.5 Å². The molecule has 0 amide bonds. The van der Waals surface area contributed by atoms with E-state index in [1.807, 2.05) is 49.4 Å². The van der Waals surface area contributed by atoms with Gasteiger partial charge < -0.3 is 5.11 Å². The quantitative estimate of drug-likeness (QED) is 0.875. The predicted octanol–water partition coefficient (Wildman–Crippen LogP) is 4.42. The number of carbonyl (C=O) groups is 1. The maximum atomic E-state index is 11.1. The van der Waals surface area contributed by atoms with E-state index in [1.54, 1.807) is 11.8 Å². The van der Waals surface area contributed by atoms with Gasteiger partial charge in [-0.25, -0.2) is 0 Å². The van der Waals surface area contributed by atoms with Crippen LogP contribution in [0.1, 0.15) is 24.8 Å². The molecular weight excluding hydrogens is 256 g/mol. The summed E-state index contributed by atoms with van der Waals surface area (Å²) in [6.45, 7) is 1.89. The van der Waals surface area contributed by atoms with Gasteiger partial charge in [0.1, 0.15) is 0 Å². The molecule has 2 aromatic rings. The monoisotopic (exact) mass is 272 g/mol. The molecule has 2 aromatic carbocycles. The first-order valence-corrected chi connectivity index (χ1v) is 7.08. The van der Waals surface area contributed by atoms with Crippen LogP contribution in [-0.2, 0) is 4.79 Å². The van der Waals surface area contributed by atoms with E-state index in [4.69, 9.17) is 5.11 Å². The third-order valence-corrected chi connectivity index (χ3v) is 3.98. The third-order valence-electron chi connectivity index (χ3n) is 2.97. The van der Waals surface area contributed by atoms with Crippen LogP contribution in [0, 0.1) is 0 Å².